The van der Waals surface area contributed by atoms with Gasteiger partial charge in [0.25, 0.3) is 0 Å². The molecular weight excluding hydrogens is 182 g/mol. The molecule has 0 radical (unpaired) electrons. The van der Waals surface area contributed by atoms with Gasteiger partial charge in [-0.15, -0.1) is 0 Å². The summed E-state index contributed by atoms with van der Waals surface area (Å²) in [5.74, 6) is 1.25. The summed E-state index contributed by atoms with van der Waals surface area (Å²) in [4.78, 5) is 2.72. The van der Waals surface area contributed by atoms with Crippen molar-refractivity contribution in [1.82, 2.24) is 0 Å². The van der Waals surface area contributed by atoms with Crippen LogP contribution in [0, 0.1) is 6.92 Å². The summed E-state index contributed by atoms with van der Waals surface area (Å²) < 4.78 is 10.2. The standard InChI is InChI=1S/C9H11N3O2/c1-6-8(13-2)5-4-7(11-12-10)9(6)14-3/h4-5H,1-3H3. The molecule has 14 heavy (non-hydrogen) atoms. The van der Waals surface area contributed by atoms with Crippen LogP contribution < -0.4 is 9.47 Å². The maximum atomic E-state index is 8.33. The molecule has 0 saturated carbocycles. The Balaban J connectivity index is 3.35. The summed E-state index contributed by atoms with van der Waals surface area (Å²) in [6, 6.07) is 3.40. The fourth-order valence-corrected chi connectivity index (χ4v) is 1.27. The largest absolute Gasteiger partial charge is 0.496 e. The molecule has 0 aromatic heterocycles. The molecule has 0 saturated heterocycles. The molecule has 5 heteroatoms. The van der Waals surface area contributed by atoms with E-state index in [4.69, 9.17) is 15.0 Å². The smallest absolute Gasteiger partial charge is 0.135 e. The van der Waals surface area contributed by atoms with Gasteiger partial charge in [0, 0.05) is 10.5 Å². The first-order valence-corrected chi connectivity index (χ1v) is 4.01. The van der Waals surface area contributed by atoms with Gasteiger partial charge in [-0.2, -0.15) is 0 Å². The predicted molar refractivity (Wildman–Crippen MR) is 53.1 cm³/mol. The van der Waals surface area contributed by atoms with Crippen LogP contribution in [0.1, 0.15) is 5.56 Å². The average molecular weight is 193 g/mol. The van der Waals surface area contributed by atoms with Crippen molar-refractivity contribution in [3.63, 3.8) is 0 Å². The van der Waals surface area contributed by atoms with E-state index in [-0.39, 0.29) is 0 Å². The minimum absolute atomic E-state index is 0.466. The number of hydrogen-bond donors (Lipinski definition) is 0. The van der Waals surface area contributed by atoms with Crippen molar-refractivity contribution < 1.29 is 9.47 Å². The Kier molecular flexibility index (Phi) is 3.20. The van der Waals surface area contributed by atoms with Gasteiger partial charge in [-0.25, -0.2) is 0 Å². The zero-order valence-electron chi connectivity index (χ0n) is 8.31. The van der Waals surface area contributed by atoms with Crippen molar-refractivity contribution in [1.29, 1.82) is 0 Å². The Morgan fingerprint density at radius 3 is 2.50 bits per heavy atom. The second-order valence-corrected chi connectivity index (χ2v) is 2.63. The minimum Gasteiger partial charge on any atom is -0.496 e. The molecule has 0 amide bonds. The van der Waals surface area contributed by atoms with Crippen LogP contribution in [0.15, 0.2) is 17.2 Å². The van der Waals surface area contributed by atoms with E-state index in [0.717, 1.165) is 5.56 Å². The van der Waals surface area contributed by atoms with Gasteiger partial charge in [-0.3, -0.25) is 0 Å². The van der Waals surface area contributed by atoms with E-state index in [2.05, 4.69) is 10.0 Å². The number of methoxy groups -OCH3 is 2. The van der Waals surface area contributed by atoms with Gasteiger partial charge < -0.3 is 9.47 Å². The molecule has 0 aliphatic heterocycles. The molecule has 74 valence electrons. The molecule has 1 aromatic carbocycles. The Morgan fingerprint density at radius 2 is 2.00 bits per heavy atom. The van der Waals surface area contributed by atoms with E-state index in [1.165, 1.54) is 7.11 Å². The Hall–Kier alpha value is -1.87. The molecule has 1 aromatic rings. The molecule has 0 heterocycles. The fourth-order valence-electron chi connectivity index (χ4n) is 1.27. The molecule has 0 unspecified atom stereocenters. The maximum Gasteiger partial charge on any atom is 0.135 e. The summed E-state index contributed by atoms with van der Waals surface area (Å²) in [5, 5.41) is 3.51. The third-order valence-corrected chi connectivity index (χ3v) is 1.91. The quantitative estimate of drug-likeness (QED) is 0.420. The number of ether oxygens (including phenoxy) is 2. The second kappa shape index (κ2) is 4.39. The SMILES string of the molecule is COc1ccc(N=[N+]=[N-])c(OC)c1C. The van der Waals surface area contributed by atoms with E-state index < -0.39 is 0 Å². The van der Waals surface area contributed by atoms with Crippen LogP contribution in [-0.4, -0.2) is 14.2 Å². The highest BCUT2D eigenvalue weighted by molar-refractivity contribution is 5.60. The van der Waals surface area contributed by atoms with Crippen molar-refractivity contribution in [2.75, 3.05) is 14.2 Å². The summed E-state index contributed by atoms with van der Waals surface area (Å²) in [6.07, 6.45) is 0. The van der Waals surface area contributed by atoms with Gasteiger partial charge in [-0.1, -0.05) is 5.11 Å². The van der Waals surface area contributed by atoms with E-state index in [9.17, 15) is 0 Å². The van der Waals surface area contributed by atoms with Crippen LogP contribution in [0.25, 0.3) is 10.4 Å². The minimum atomic E-state index is 0.466. The van der Waals surface area contributed by atoms with Crippen LogP contribution >= 0.6 is 0 Å². The summed E-state index contributed by atoms with van der Waals surface area (Å²) in [6.45, 7) is 1.84. The first-order chi connectivity index (χ1) is 6.74. The van der Waals surface area contributed by atoms with Crippen LogP contribution in [-0.2, 0) is 0 Å². The highest BCUT2D eigenvalue weighted by Crippen LogP contribution is 2.36. The molecule has 1 rings (SSSR count). The highest BCUT2D eigenvalue weighted by atomic mass is 16.5. The predicted octanol–water partition coefficient (Wildman–Crippen LogP) is 2.95. The van der Waals surface area contributed by atoms with Crippen molar-refractivity contribution in [3.05, 3.63) is 28.1 Å². The van der Waals surface area contributed by atoms with Crippen LogP contribution in [0.4, 0.5) is 5.69 Å². The second-order valence-electron chi connectivity index (χ2n) is 2.63. The normalized spacial score (nSPS) is 9.07. The zero-order valence-corrected chi connectivity index (χ0v) is 8.31. The van der Waals surface area contributed by atoms with Crippen molar-refractivity contribution in [2.24, 2.45) is 5.11 Å². The number of hydrogen-bond acceptors (Lipinski definition) is 3. The molecule has 0 N–H and O–H groups in total. The molecule has 0 bridgehead atoms. The summed E-state index contributed by atoms with van der Waals surface area (Å²) >= 11 is 0. The molecular formula is C9H11N3O2. The molecule has 0 fully saturated rings. The topological polar surface area (TPSA) is 67.2 Å². The summed E-state index contributed by atoms with van der Waals surface area (Å²) in [5.41, 5.74) is 9.61. The lowest BCUT2D eigenvalue weighted by Crippen LogP contribution is -1.92. The Morgan fingerprint density at radius 1 is 1.29 bits per heavy atom. The summed E-state index contributed by atoms with van der Waals surface area (Å²) in [7, 11) is 3.10. The number of rotatable bonds is 3. The van der Waals surface area contributed by atoms with Crippen LogP contribution in [0.3, 0.4) is 0 Å². The van der Waals surface area contributed by atoms with Gasteiger partial charge in [0.05, 0.1) is 19.9 Å². The molecule has 0 spiro atoms. The van der Waals surface area contributed by atoms with Gasteiger partial charge in [0.15, 0.2) is 0 Å². The van der Waals surface area contributed by atoms with Gasteiger partial charge in [-0.05, 0) is 24.6 Å². The first kappa shape index (κ1) is 10.2. The Labute approximate surface area is 81.9 Å². The van der Waals surface area contributed by atoms with Crippen LogP contribution in [0.5, 0.6) is 11.5 Å². The van der Waals surface area contributed by atoms with Crippen molar-refractivity contribution >= 4 is 5.69 Å². The fraction of sp³-hybridized carbons (Fsp3) is 0.333. The lowest BCUT2D eigenvalue weighted by Gasteiger charge is -2.11. The molecule has 0 aliphatic rings. The lowest BCUT2D eigenvalue weighted by atomic mass is 10.2. The zero-order chi connectivity index (χ0) is 10.6. The lowest BCUT2D eigenvalue weighted by molar-refractivity contribution is 0.389. The monoisotopic (exact) mass is 193 g/mol. The van der Waals surface area contributed by atoms with E-state index in [0.29, 0.717) is 17.2 Å². The maximum absolute atomic E-state index is 8.33. The van der Waals surface area contributed by atoms with Crippen LogP contribution in [0.2, 0.25) is 0 Å². The van der Waals surface area contributed by atoms with E-state index >= 15 is 0 Å². The third kappa shape index (κ3) is 1.72. The van der Waals surface area contributed by atoms with Gasteiger partial charge in [0.1, 0.15) is 11.5 Å². The number of nitrogens with zero attached hydrogens (tertiary/aromatic N) is 3. The van der Waals surface area contributed by atoms with Gasteiger partial charge >= 0.3 is 0 Å². The molecule has 0 aliphatic carbocycles. The first-order valence-electron chi connectivity index (χ1n) is 4.01. The van der Waals surface area contributed by atoms with Gasteiger partial charge in [0.2, 0.25) is 0 Å². The number of benzene rings is 1. The van der Waals surface area contributed by atoms with E-state index in [1.54, 1.807) is 19.2 Å². The molecule has 0 atom stereocenters. The van der Waals surface area contributed by atoms with Crippen molar-refractivity contribution in [2.45, 2.75) is 6.92 Å². The third-order valence-electron chi connectivity index (χ3n) is 1.91. The molecule has 5 nitrogen and oxygen atoms in total. The number of azide groups is 1. The van der Waals surface area contributed by atoms with Crippen molar-refractivity contribution in [3.8, 4) is 11.5 Å². The average Bonchev–Trinajstić information content (AvgIpc) is 2.19. The van der Waals surface area contributed by atoms with E-state index in [1.807, 2.05) is 6.92 Å². The highest BCUT2D eigenvalue weighted by Gasteiger charge is 2.09. The Bertz CT molecular complexity index is 384.